The standard InChI is InChI=1S/C24H38N4O2.2C4H4O4/c1-20(29)9-13-28-16-14-27(15-17-28)12-6-4-3-5-10-25-23-19-22(30-2)18-21-8-7-11-26-24(21)23;2*5-3(6)1-2-4(7)8/h7-8,11,18-20,25,29H,3-6,9-10,12-17H2,1-2H3;2*1-2H,(H,5,6)(H,7,8)/b;2*2-1-. The number of aromatic nitrogens is 1. The number of hydrogen-bond acceptors (Lipinski definition) is 10. The van der Waals surface area contributed by atoms with Crippen LogP contribution in [-0.2, 0) is 19.2 Å². The number of piperazine rings is 1. The van der Waals surface area contributed by atoms with Crippen molar-refractivity contribution in [1.29, 1.82) is 0 Å². The molecule has 0 aliphatic carbocycles. The summed E-state index contributed by atoms with van der Waals surface area (Å²) in [6, 6.07) is 8.10. The first-order valence-electron chi connectivity index (χ1n) is 15.0. The van der Waals surface area contributed by atoms with Crippen LogP contribution in [0.15, 0.2) is 54.8 Å². The SMILES string of the molecule is COc1cc(NCCCCCCN2CCN(CCC(C)O)CC2)c2ncccc2c1.O=C(O)/C=C\C(=O)O.O=C(O)/C=C\C(=O)O. The molecule has 14 heteroatoms. The predicted molar refractivity (Wildman–Crippen MR) is 173 cm³/mol. The second kappa shape index (κ2) is 22.9. The summed E-state index contributed by atoms with van der Waals surface area (Å²) in [6.07, 6.45) is 9.74. The van der Waals surface area contributed by atoms with Gasteiger partial charge in [-0.25, -0.2) is 19.2 Å². The lowest BCUT2D eigenvalue weighted by atomic mass is 10.1. The summed E-state index contributed by atoms with van der Waals surface area (Å²) in [4.78, 5) is 47.8. The smallest absolute Gasteiger partial charge is 0.328 e. The Kier molecular flexibility index (Phi) is 19.7. The molecule has 1 unspecified atom stereocenters. The lowest BCUT2D eigenvalue weighted by Crippen LogP contribution is -2.47. The molecule has 0 amide bonds. The number of nitrogens with zero attached hydrogens (tertiary/aromatic N) is 3. The molecule has 1 fully saturated rings. The van der Waals surface area contributed by atoms with Crippen molar-refractivity contribution in [3.8, 4) is 5.75 Å². The highest BCUT2D eigenvalue weighted by Gasteiger charge is 2.16. The summed E-state index contributed by atoms with van der Waals surface area (Å²) >= 11 is 0. The Morgan fingerprint density at radius 2 is 1.37 bits per heavy atom. The topological polar surface area (TPSA) is 210 Å². The molecule has 0 radical (unpaired) electrons. The summed E-state index contributed by atoms with van der Waals surface area (Å²) in [5.41, 5.74) is 2.06. The van der Waals surface area contributed by atoms with Gasteiger partial charge in [0.25, 0.3) is 0 Å². The van der Waals surface area contributed by atoms with Gasteiger partial charge < -0.3 is 45.4 Å². The lowest BCUT2D eigenvalue weighted by Gasteiger charge is -2.34. The van der Waals surface area contributed by atoms with E-state index >= 15 is 0 Å². The van der Waals surface area contributed by atoms with Gasteiger partial charge in [-0.15, -0.1) is 0 Å². The minimum Gasteiger partial charge on any atom is -0.497 e. The van der Waals surface area contributed by atoms with Crippen LogP contribution in [0.5, 0.6) is 5.75 Å². The number of rotatable bonds is 16. The van der Waals surface area contributed by atoms with Crippen molar-refractivity contribution in [2.45, 2.75) is 45.1 Å². The number of nitrogens with one attached hydrogen (secondary N) is 1. The van der Waals surface area contributed by atoms with Gasteiger partial charge in [0, 0.05) is 81.2 Å². The molecule has 2 aromatic rings. The molecule has 3 rings (SSSR count). The normalized spacial score (nSPS) is 14.2. The largest absolute Gasteiger partial charge is 0.497 e. The molecule has 0 spiro atoms. The van der Waals surface area contributed by atoms with Crippen LogP contribution in [0.1, 0.15) is 39.0 Å². The van der Waals surface area contributed by atoms with Crippen LogP contribution in [0.2, 0.25) is 0 Å². The van der Waals surface area contributed by atoms with Crippen LogP contribution >= 0.6 is 0 Å². The van der Waals surface area contributed by atoms with Crippen molar-refractivity contribution >= 4 is 40.5 Å². The maximum atomic E-state index is 9.55. The average molecular weight is 647 g/mol. The molecule has 6 N–H and O–H groups in total. The number of fused-ring (bicyclic) bond motifs is 1. The summed E-state index contributed by atoms with van der Waals surface area (Å²) in [5, 5.41) is 45.3. The van der Waals surface area contributed by atoms with E-state index in [4.69, 9.17) is 25.2 Å². The highest BCUT2D eigenvalue weighted by atomic mass is 16.5. The van der Waals surface area contributed by atoms with Gasteiger partial charge in [0.2, 0.25) is 0 Å². The average Bonchev–Trinajstić information content (AvgIpc) is 3.02. The quantitative estimate of drug-likeness (QED) is 0.114. The third kappa shape index (κ3) is 19.0. The summed E-state index contributed by atoms with van der Waals surface area (Å²) in [7, 11) is 1.71. The van der Waals surface area contributed by atoms with Gasteiger partial charge in [-0.1, -0.05) is 18.9 Å². The fourth-order valence-electron chi connectivity index (χ4n) is 4.35. The van der Waals surface area contributed by atoms with Crippen LogP contribution in [0.3, 0.4) is 0 Å². The van der Waals surface area contributed by atoms with E-state index in [9.17, 15) is 24.3 Å². The number of aliphatic hydroxyl groups excluding tert-OH is 1. The number of carboxylic acid groups (broad SMARTS) is 4. The number of methoxy groups -OCH3 is 1. The Balaban J connectivity index is 0.000000545. The van der Waals surface area contributed by atoms with E-state index in [1.165, 1.54) is 32.2 Å². The Hall–Kier alpha value is -4.53. The molecule has 1 aromatic carbocycles. The van der Waals surface area contributed by atoms with Crippen molar-refractivity contribution in [1.82, 2.24) is 14.8 Å². The number of aliphatic carboxylic acids is 4. The van der Waals surface area contributed by atoms with Crippen LogP contribution in [0, 0.1) is 0 Å². The number of carboxylic acids is 4. The number of pyridine rings is 1. The Labute approximate surface area is 268 Å². The number of carbonyl (C=O) groups is 4. The van der Waals surface area contributed by atoms with Crippen molar-refractivity contribution in [3.63, 3.8) is 0 Å². The molecule has 1 aliphatic heterocycles. The highest BCUT2D eigenvalue weighted by molar-refractivity contribution is 5.92. The number of unbranched alkanes of at least 4 members (excludes halogenated alkanes) is 3. The van der Waals surface area contributed by atoms with Gasteiger partial charge in [-0.2, -0.15) is 0 Å². The van der Waals surface area contributed by atoms with E-state index in [0.717, 1.165) is 68.0 Å². The number of hydrogen-bond donors (Lipinski definition) is 6. The van der Waals surface area contributed by atoms with E-state index in [-0.39, 0.29) is 6.10 Å². The molecule has 0 saturated carbocycles. The van der Waals surface area contributed by atoms with Crippen LogP contribution in [0.25, 0.3) is 10.9 Å². The molecular formula is C32H46N4O10. The number of anilines is 1. The Bertz CT molecular complexity index is 1220. The number of benzene rings is 1. The third-order valence-corrected chi connectivity index (χ3v) is 6.70. The summed E-state index contributed by atoms with van der Waals surface area (Å²) in [6.45, 7) is 9.67. The van der Waals surface area contributed by atoms with Crippen LogP contribution in [0.4, 0.5) is 5.69 Å². The minimum absolute atomic E-state index is 0.184. The molecular weight excluding hydrogens is 600 g/mol. The molecule has 1 saturated heterocycles. The molecule has 254 valence electrons. The second-order valence-electron chi connectivity index (χ2n) is 10.4. The number of aliphatic hydroxyl groups is 1. The van der Waals surface area contributed by atoms with Crippen molar-refractivity contribution < 1.29 is 49.4 Å². The van der Waals surface area contributed by atoms with Gasteiger partial charge >= 0.3 is 23.9 Å². The zero-order valence-electron chi connectivity index (χ0n) is 26.4. The molecule has 14 nitrogen and oxygen atoms in total. The third-order valence-electron chi connectivity index (χ3n) is 6.70. The van der Waals surface area contributed by atoms with Gasteiger partial charge in [-0.3, -0.25) is 4.98 Å². The number of ether oxygens (including phenoxy) is 1. The van der Waals surface area contributed by atoms with Gasteiger partial charge in [0.15, 0.2) is 0 Å². The van der Waals surface area contributed by atoms with Crippen molar-refractivity contribution in [2.24, 2.45) is 0 Å². The Morgan fingerprint density at radius 3 is 1.87 bits per heavy atom. The van der Waals surface area contributed by atoms with Crippen molar-refractivity contribution in [3.05, 3.63) is 54.8 Å². The molecule has 1 atom stereocenters. The predicted octanol–water partition coefficient (Wildman–Crippen LogP) is 3.03. The second-order valence-corrected chi connectivity index (χ2v) is 10.4. The van der Waals surface area contributed by atoms with Crippen LogP contribution in [-0.4, -0.2) is 123 Å². The van der Waals surface area contributed by atoms with Gasteiger partial charge in [0.1, 0.15) is 5.75 Å². The maximum absolute atomic E-state index is 9.55. The summed E-state index contributed by atoms with van der Waals surface area (Å²) in [5.74, 6) is -4.16. The van der Waals surface area contributed by atoms with E-state index in [1.807, 2.05) is 31.3 Å². The molecule has 1 aliphatic rings. The van der Waals surface area contributed by atoms with Gasteiger partial charge in [0.05, 0.1) is 24.4 Å². The fourth-order valence-corrected chi connectivity index (χ4v) is 4.35. The maximum Gasteiger partial charge on any atom is 0.328 e. The monoisotopic (exact) mass is 646 g/mol. The lowest BCUT2D eigenvalue weighted by molar-refractivity contribution is -0.134. The minimum atomic E-state index is -1.26. The zero-order chi connectivity index (χ0) is 34.3. The van der Waals surface area contributed by atoms with E-state index in [2.05, 4.69) is 26.2 Å². The first kappa shape index (κ1) is 39.5. The Morgan fingerprint density at radius 1 is 0.848 bits per heavy atom. The van der Waals surface area contributed by atoms with E-state index < -0.39 is 23.9 Å². The molecule has 2 heterocycles. The first-order chi connectivity index (χ1) is 21.9. The molecule has 0 bridgehead atoms. The molecule has 46 heavy (non-hydrogen) atoms. The summed E-state index contributed by atoms with van der Waals surface area (Å²) < 4.78 is 5.42. The van der Waals surface area contributed by atoms with E-state index in [1.54, 1.807) is 7.11 Å². The molecule has 1 aromatic heterocycles. The van der Waals surface area contributed by atoms with Crippen molar-refractivity contribution in [2.75, 3.05) is 58.2 Å². The van der Waals surface area contributed by atoms with Gasteiger partial charge in [-0.05, 0) is 44.9 Å². The highest BCUT2D eigenvalue weighted by Crippen LogP contribution is 2.27. The zero-order valence-corrected chi connectivity index (χ0v) is 26.4. The van der Waals surface area contributed by atoms with E-state index in [0.29, 0.717) is 24.3 Å². The van der Waals surface area contributed by atoms with Crippen LogP contribution < -0.4 is 10.1 Å². The first-order valence-corrected chi connectivity index (χ1v) is 15.0. The fraction of sp³-hybridized carbons (Fsp3) is 0.469.